The van der Waals surface area contributed by atoms with Crippen LogP contribution in [0.2, 0.25) is 0 Å². The maximum absolute atomic E-state index is 10.3. The number of rotatable bonds is 5. The SMILES string of the molecule is CC(C)C(C)(O)CNC1CCC(c2ccc(O)cc2)CC1. The van der Waals surface area contributed by atoms with Crippen LogP contribution in [0.3, 0.4) is 0 Å². The van der Waals surface area contributed by atoms with Crippen LogP contribution >= 0.6 is 0 Å². The summed E-state index contributed by atoms with van der Waals surface area (Å²) in [6.45, 7) is 6.69. The smallest absolute Gasteiger partial charge is 0.115 e. The monoisotopic (exact) mass is 291 g/mol. The fraction of sp³-hybridized carbons (Fsp3) is 0.667. The average molecular weight is 291 g/mol. The summed E-state index contributed by atoms with van der Waals surface area (Å²) >= 11 is 0. The van der Waals surface area contributed by atoms with Gasteiger partial charge in [0.25, 0.3) is 0 Å². The Balaban J connectivity index is 1.79. The van der Waals surface area contributed by atoms with E-state index in [4.69, 9.17) is 0 Å². The summed E-state index contributed by atoms with van der Waals surface area (Å²) < 4.78 is 0. The fourth-order valence-electron chi connectivity index (χ4n) is 2.93. The van der Waals surface area contributed by atoms with Crippen LogP contribution in [-0.4, -0.2) is 28.4 Å². The van der Waals surface area contributed by atoms with E-state index in [-0.39, 0.29) is 5.92 Å². The van der Waals surface area contributed by atoms with Gasteiger partial charge < -0.3 is 15.5 Å². The molecule has 118 valence electrons. The first kappa shape index (κ1) is 16.3. The van der Waals surface area contributed by atoms with Crippen LogP contribution in [0.5, 0.6) is 5.75 Å². The molecule has 1 fully saturated rings. The molecule has 3 N–H and O–H groups in total. The van der Waals surface area contributed by atoms with Crippen molar-refractivity contribution in [3.05, 3.63) is 29.8 Å². The van der Waals surface area contributed by atoms with Crippen molar-refractivity contribution in [2.45, 2.75) is 64.0 Å². The lowest BCUT2D eigenvalue weighted by Gasteiger charge is -2.34. The van der Waals surface area contributed by atoms with E-state index in [9.17, 15) is 10.2 Å². The average Bonchev–Trinajstić information content (AvgIpc) is 2.46. The van der Waals surface area contributed by atoms with Gasteiger partial charge in [-0.15, -0.1) is 0 Å². The molecule has 1 aliphatic rings. The number of aliphatic hydroxyl groups is 1. The van der Waals surface area contributed by atoms with Gasteiger partial charge in [0, 0.05) is 12.6 Å². The van der Waals surface area contributed by atoms with E-state index in [2.05, 4.69) is 19.2 Å². The van der Waals surface area contributed by atoms with E-state index >= 15 is 0 Å². The molecule has 0 heterocycles. The highest BCUT2D eigenvalue weighted by Crippen LogP contribution is 2.33. The Bertz CT molecular complexity index is 431. The summed E-state index contributed by atoms with van der Waals surface area (Å²) in [5.41, 5.74) is 0.703. The van der Waals surface area contributed by atoms with E-state index in [0.29, 0.717) is 24.3 Å². The van der Waals surface area contributed by atoms with Gasteiger partial charge in [-0.05, 0) is 62.1 Å². The molecule has 0 bridgehead atoms. The van der Waals surface area contributed by atoms with Gasteiger partial charge in [0.1, 0.15) is 5.75 Å². The summed E-state index contributed by atoms with van der Waals surface area (Å²) in [6, 6.07) is 8.15. The maximum atomic E-state index is 10.3. The van der Waals surface area contributed by atoms with E-state index < -0.39 is 5.60 Å². The minimum atomic E-state index is -0.631. The largest absolute Gasteiger partial charge is 0.508 e. The Morgan fingerprint density at radius 2 is 1.71 bits per heavy atom. The van der Waals surface area contributed by atoms with Gasteiger partial charge in [-0.3, -0.25) is 0 Å². The van der Waals surface area contributed by atoms with Crippen molar-refractivity contribution < 1.29 is 10.2 Å². The van der Waals surface area contributed by atoms with Crippen LogP contribution < -0.4 is 5.32 Å². The molecular formula is C18H29NO2. The van der Waals surface area contributed by atoms with Crippen molar-refractivity contribution in [2.24, 2.45) is 5.92 Å². The minimum absolute atomic E-state index is 0.262. The molecular weight excluding hydrogens is 262 g/mol. The van der Waals surface area contributed by atoms with Gasteiger partial charge in [-0.2, -0.15) is 0 Å². The fourth-order valence-corrected chi connectivity index (χ4v) is 2.93. The van der Waals surface area contributed by atoms with Crippen LogP contribution in [0, 0.1) is 5.92 Å². The van der Waals surface area contributed by atoms with Gasteiger partial charge >= 0.3 is 0 Å². The molecule has 21 heavy (non-hydrogen) atoms. The first-order valence-electron chi connectivity index (χ1n) is 8.13. The van der Waals surface area contributed by atoms with Crippen molar-refractivity contribution in [1.29, 1.82) is 0 Å². The predicted octanol–water partition coefficient (Wildman–Crippen LogP) is 3.42. The van der Waals surface area contributed by atoms with Gasteiger partial charge in [-0.1, -0.05) is 26.0 Å². The molecule has 0 spiro atoms. The minimum Gasteiger partial charge on any atom is -0.508 e. The third kappa shape index (κ3) is 4.45. The van der Waals surface area contributed by atoms with Crippen molar-refractivity contribution in [1.82, 2.24) is 5.32 Å². The molecule has 1 aliphatic carbocycles. The molecule has 3 nitrogen and oxygen atoms in total. The lowest BCUT2D eigenvalue weighted by Crippen LogP contribution is -2.46. The summed E-state index contributed by atoms with van der Waals surface area (Å²) in [5.74, 6) is 1.21. The number of aromatic hydroxyl groups is 1. The second-order valence-corrected chi connectivity index (χ2v) is 7.03. The molecule has 0 aliphatic heterocycles. The highest BCUT2D eigenvalue weighted by atomic mass is 16.3. The normalized spacial score (nSPS) is 25.8. The maximum Gasteiger partial charge on any atom is 0.115 e. The van der Waals surface area contributed by atoms with Gasteiger partial charge in [0.15, 0.2) is 0 Å². The van der Waals surface area contributed by atoms with Crippen molar-refractivity contribution >= 4 is 0 Å². The Morgan fingerprint density at radius 1 is 1.14 bits per heavy atom. The highest BCUT2D eigenvalue weighted by Gasteiger charge is 2.27. The number of phenolic OH excluding ortho intramolecular Hbond substituents is 1. The second-order valence-electron chi connectivity index (χ2n) is 7.03. The molecule has 0 saturated heterocycles. The predicted molar refractivity (Wildman–Crippen MR) is 86.6 cm³/mol. The van der Waals surface area contributed by atoms with Crippen LogP contribution in [-0.2, 0) is 0 Å². The molecule has 1 unspecified atom stereocenters. The zero-order valence-corrected chi connectivity index (χ0v) is 13.5. The van der Waals surface area contributed by atoms with Gasteiger partial charge in [0.2, 0.25) is 0 Å². The second kappa shape index (κ2) is 6.80. The number of phenols is 1. The Hall–Kier alpha value is -1.06. The number of hydrogen-bond acceptors (Lipinski definition) is 3. The zero-order chi connectivity index (χ0) is 15.5. The summed E-state index contributed by atoms with van der Waals surface area (Å²) in [4.78, 5) is 0. The third-order valence-electron chi connectivity index (χ3n) is 5.08. The lowest BCUT2D eigenvalue weighted by molar-refractivity contribution is 0.0106. The molecule has 1 atom stereocenters. The summed E-state index contributed by atoms with van der Waals surface area (Å²) in [5, 5.41) is 23.2. The topological polar surface area (TPSA) is 52.5 Å². The molecule has 3 heteroatoms. The molecule has 0 aromatic heterocycles. The molecule has 0 radical (unpaired) electrons. The van der Waals surface area contributed by atoms with Crippen LogP contribution in [0.4, 0.5) is 0 Å². The van der Waals surface area contributed by atoms with Crippen LogP contribution in [0.25, 0.3) is 0 Å². The van der Waals surface area contributed by atoms with Crippen molar-refractivity contribution in [3.8, 4) is 5.75 Å². The third-order valence-corrected chi connectivity index (χ3v) is 5.08. The lowest BCUT2D eigenvalue weighted by atomic mass is 9.81. The Labute approximate surface area is 128 Å². The van der Waals surface area contributed by atoms with E-state index in [1.165, 1.54) is 18.4 Å². The zero-order valence-electron chi connectivity index (χ0n) is 13.5. The van der Waals surface area contributed by atoms with E-state index in [0.717, 1.165) is 12.8 Å². The summed E-state index contributed by atoms with van der Waals surface area (Å²) in [7, 11) is 0. The van der Waals surface area contributed by atoms with Gasteiger partial charge in [0.05, 0.1) is 5.60 Å². The van der Waals surface area contributed by atoms with E-state index in [1.807, 2.05) is 19.1 Å². The Morgan fingerprint density at radius 3 is 2.24 bits per heavy atom. The van der Waals surface area contributed by atoms with Crippen LogP contribution in [0.1, 0.15) is 57.9 Å². The van der Waals surface area contributed by atoms with E-state index in [1.54, 1.807) is 12.1 Å². The first-order chi connectivity index (χ1) is 9.88. The van der Waals surface area contributed by atoms with Crippen molar-refractivity contribution in [2.75, 3.05) is 6.54 Å². The highest BCUT2D eigenvalue weighted by molar-refractivity contribution is 5.28. The molecule has 1 aromatic rings. The van der Waals surface area contributed by atoms with Gasteiger partial charge in [-0.25, -0.2) is 0 Å². The molecule has 0 amide bonds. The van der Waals surface area contributed by atoms with Crippen molar-refractivity contribution in [3.63, 3.8) is 0 Å². The molecule has 1 saturated carbocycles. The number of nitrogens with one attached hydrogen (secondary N) is 1. The Kier molecular flexibility index (Phi) is 5.28. The quantitative estimate of drug-likeness (QED) is 0.779. The number of benzene rings is 1. The standard InChI is InChI=1S/C18H29NO2/c1-13(2)18(3,21)12-19-16-8-4-14(5-9-16)15-6-10-17(20)11-7-15/h6-7,10-11,13-14,16,19-21H,4-5,8-9,12H2,1-3H3. The molecule has 2 rings (SSSR count). The first-order valence-corrected chi connectivity index (χ1v) is 8.13. The number of hydrogen-bond donors (Lipinski definition) is 3. The molecule has 1 aromatic carbocycles. The summed E-state index contributed by atoms with van der Waals surface area (Å²) in [6.07, 6.45) is 4.65. The van der Waals surface area contributed by atoms with Crippen LogP contribution in [0.15, 0.2) is 24.3 Å².